The number of hydrogen-bond donors (Lipinski definition) is 1. The second-order valence-electron chi connectivity index (χ2n) is 3.44. The summed E-state index contributed by atoms with van der Waals surface area (Å²) in [6, 6.07) is 7.26. The van der Waals surface area contributed by atoms with Crippen LogP contribution in [0.1, 0.15) is 18.9 Å². The molecule has 15 heavy (non-hydrogen) atoms. The Morgan fingerprint density at radius 1 is 1.60 bits per heavy atom. The molecule has 0 radical (unpaired) electrons. The van der Waals surface area contributed by atoms with Crippen LogP contribution in [-0.4, -0.2) is 6.54 Å². The summed E-state index contributed by atoms with van der Waals surface area (Å²) in [6.07, 6.45) is 0.913. The molecule has 0 unspecified atom stereocenters. The first-order valence-electron chi connectivity index (χ1n) is 4.71. The standard InChI is InChI=1S/C12H13ClN2/c1-9(2)5-6-15-12-4-3-10(8-14)7-11(12)13/h3-4,7,15H,1,5-6H2,2H3. The van der Waals surface area contributed by atoms with Gasteiger partial charge in [-0.25, -0.2) is 0 Å². The smallest absolute Gasteiger partial charge is 0.0992 e. The molecule has 1 aromatic rings. The van der Waals surface area contributed by atoms with E-state index in [1.807, 2.05) is 19.1 Å². The molecule has 1 aromatic carbocycles. The molecule has 0 spiro atoms. The average Bonchev–Trinajstić information content (AvgIpc) is 2.20. The molecule has 0 amide bonds. The molecule has 0 aliphatic heterocycles. The lowest BCUT2D eigenvalue weighted by molar-refractivity contribution is 1.00. The monoisotopic (exact) mass is 220 g/mol. The van der Waals surface area contributed by atoms with Crippen LogP contribution in [0.4, 0.5) is 5.69 Å². The van der Waals surface area contributed by atoms with Crippen LogP contribution < -0.4 is 5.32 Å². The van der Waals surface area contributed by atoms with Gasteiger partial charge in [0.25, 0.3) is 0 Å². The number of anilines is 1. The highest BCUT2D eigenvalue weighted by Crippen LogP contribution is 2.22. The normalized spacial score (nSPS) is 9.40. The molecule has 1 rings (SSSR count). The van der Waals surface area contributed by atoms with Gasteiger partial charge < -0.3 is 5.32 Å². The van der Waals surface area contributed by atoms with Gasteiger partial charge in [0.2, 0.25) is 0 Å². The van der Waals surface area contributed by atoms with Gasteiger partial charge in [0.15, 0.2) is 0 Å². The zero-order valence-corrected chi connectivity index (χ0v) is 9.43. The number of nitrogens with one attached hydrogen (secondary N) is 1. The Labute approximate surface area is 95.2 Å². The molecule has 0 saturated carbocycles. The molecule has 3 heteroatoms. The lowest BCUT2D eigenvalue weighted by Gasteiger charge is -2.08. The van der Waals surface area contributed by atoms with Crippen molar-refractivity contribution in [1.29, 1.82) is 5.26 Å². The Morgan fingerprint density at radius 2 is 2.33 bits per heavy atom. The third-order valence-electron chi connectivity index (χ3n) is 1.97. The van der Waals surface area contributed by atoms with Gasteiger partial charge in [-0.05, 0) is 31.5 Å². The van der Waals surface area contributed by atoms with Crippen molar-refractivity contribution in [3.8, 4) is 6.07 Å². The van der Waals surface area contributed by atoms with Crippen molar-refractivity contribution in [3.63, 3.8) is 0 Å². The maximum Gasteiger partial charge on any atom is 0.0992 e. The number of nitriles is 1. The minimum atomic E-state index is 0.574. The van der Waals surface area contributed by atoms with Gasteiger partial charge in [0.05, 0.1) is 22.3 Å². The van der Waals surface area contributed by atoms with E-state index in [0.29, 0.717) is 10.6 Å². The summed E-state index contributed by atoms with van der Waals surface area (Å²) in [5.41, 5.74) is 2.56. The summed E-state index contributed by atoms with van der Waals surface area (Å²) in [7, 11) is 0. The molecule has 0 aromatic heterocycles. The van der Waals surface area contributed by atoms with Gasteiger partial charge >= 0.3 is 0 Å². The molecule has 0 fully saturated rings. The third-order valence-corrected chi connectivity index (χ3v) is 2.28. The fourth-order valence-corrected chi connectivity index (χ4v) is 1.39. The molecule has 2 nitrogen and oxygen atoms in total. The maximum absolute atomic E-state index is 8.66. The molecule has 78 valence electrons. The topological polar surface area (TPSA) is 35.8 Å². The second-order valence-corrected chi connectivity index (χ2v) is 3.85. The van der Waals surface area contributed by atoms with E-state index >= 15 is 0 Å². The van der Waals surface area contributed by atoms with Crippen LogP contribution in [-0.2, 0) is 0 Å². The summed E-state index contributed by atoms with van der Waals surface area (Å²) in [5, 5.41) is 12.4. The summed E-state index contributed by atoms with van der Waals surface area (Å²) in [4.78, 5) is 0. The Bertz CT molecular complexity index is 405. The van der Waals surface area contributed by atoms with E-state index in [1.54, 1.807) is 12.1 Å². The summed E-state index contributed by atoms with van der Waals surface area (Å²) in [6.45, 7) is 6.61. The highest BCUT2D eigenvalue weighted by Gasteiger charge is 2.00. The van der Waals surface area contributed by atoms with Crippen molar-refractivity contribution in [2.24, 2.45) is 0 Å². The quantitative estimate of drug-likeness (QED) is 0.788. The van der Waals surface area contributed by atoms with Crippen molar-refractivity contribution in [2.75, 3.05) is 11.9 Å². The summed E-state index contributed by atoms with van der Waals surface area (Å²) >= 11 is 5.99. The fraction of sp³-hybridized carbons (Fsp3) is 0.250. The summed E-state index contributed by atoms with van der Waals surface area (Å²) in [5.74, 6) is 0. The molecule has 0 heterocycles. The van der Waals surface area contributed by atoms with Crippen molar-refractivity contribution < 1.29 is 0 Å². The van der Waals surface area contributed by atoms with Crippen molar-refractivity contribution in [2.45, 2.75) is 13.3 Å². The predicted octanol–water partition coefficient (Wildman–Crippen LogP) is 3.59. The van der Waals surface area contributed by atoms with E-state index in [1.165, 1.54) is 0 Å². The number of nitrogens with zero attached hydrogens (tertiary/aromatic N) is 1. The van der Waals surface area contributed by atoms with Crippen molar-refractivity contribution >= 4 is 17.3 Å². The van der Waals surface area contributed by atoms with Gasteiger partial charge in [0, 0.05) is 6.54 Å². The van der Waals surface area contributed by atoms with Gasteiger partial charge in [-0.1, -0.05) is 17.2 Å². The summed E-state index contributed by atoms with van der Waals surface area (Å²) < 4.78 is 0. The predicted molar refractivity (Wildman–Crippen MR) is 64.1 cm³/mol. The van der Waals surface area contributed by atoms with Crippen molar-refractivity contribution in [3.05, 3.63) is 40.9 Å². The van der Waals surface area contributed by atoms with Crippen LogP contribution in [0.25, 0.3) is 0 Å². The van der Waals surface area contributed by atoms with Crippen LogP contribution in [0.3, 0.4) is 0 Å². The number of halogens is 1. The minimum Gasteiger partial charge on any atom is -0.384 e. The zero-order chi connectivity index (χ0) is 11.3. The number of benzene rings is 1. The van der Waals surface area contributed by atoms with E-state index in [2.05, 4.69) is 11.9 Å². The molecule has 0 atom stereocenters. The average molecular weight is 221 g/mol. The van der Waals surface area contributed by atoms with Gasteiger partial charge in [-0.2, -0.15) is 5.26 Å². The van der Waals surface area contributed by atoms with E-state index in [9.17, 15) is 0 Å². The lowest BCUT2D eigenvalue weighted by atomic mass is 10.2. The van der Waals surface area contributed by atoms with E-state index in [-0.39, 0.29) is 0 Å². The Hall–Kier alpha value is -1.46. The van der Waals surface area contributed by atoms with E-state index in [0.717, 1.165) is 24.2 Å². The molecule has 1 N–H and O–H groups in total. The number of rotatable bonds is 4. The van der Waals surface area contributed by atoms with Crippen LogP contribution in [0.5, 0.6) is 0 Å². The Balaban J connectivity index is 2.63. The van der Waals surface area contributed by atoms with Gasteiger partial charge in [-0.3, -0.25) is 0 Å². The first kappa shape index (κ1) is 11.6. The van der Waals surface area contributed by atoms with Crippen LogP contribution >= 0.6 is 11.6 Å². The first-order valence-corrected chi connectivity index (χ1v) is 5.09. The van der Waals surface area contributed by atoms with Gasteiger partial charge in [-0.15, -0.1) is 6.58 Å². The first-order chi connectivity index (χ1) is 7.13. The molecule has 0 bridgehead atoms. The van der Waals surface area contributed by atoms with Crippen LogP contribution in [0.15, 0.2) is 30.4 Å². The molecule has 0 saturated heterocycles. The molecule has 0 aliphatic carbocycles. The van der Waals surface area contributed by atoms with Crippen LogP contribution in [0.2, 0.25) is 5.02 Å². The fourth-order valence-electron chi connectivity index (χ4n) is 1.14. The molecule has 0 aliphatic rings. The highest BCUT2D eigenvalue weighted by molar-refractivity contribution is 6.33. The highest BCUT2D eigenvalue weighted by atomic mass is 35.5. The zero-order valence-electron chi connectivity index (χ0n) is 8.68. The number of hydrogen-bond acceptors (Lipinski definition) is 2. The van der Waals surface area contributed by atoms with Gasteiger partial charge in [0.1, 0.15) is 0 Å². The third kappa shape index (κ3) is 3.65. The Kier molecular flexibility index (Phi) is 4.20. The molecular weight excluding hydrogens is 208 g/mol. The minimum absolute atomic E-state index is 0.574. The van der Waals surface area contributed by atoms with E-state index in [4.69, 9.17) is 16.9 Å². The molecular formula is C12H13ClN2. The maximum atomic E-state index is 8.66. The second kappa shape index (κ2) is 5.43. The van der Waals surface area contributed by atoms with Crippen LogP contribution in [0, 0.1) is 11.3 Å². The van der Waals surface area contributed by atoms with Crippen molar-refractivity contribution in [1.82, 2.24) is 0 Å². The lowest BCUT2D eigenvalue weighted by Crippen LogP contribution is -2.02. The Morgan fingerprint density at radius 3 is 2.87 bits per heavy atom. The SMILES string of the molecule is C=C(C)CCNc1ccc(C#N)cc1Cl. The largest absolute Gasteiger partial charge is 0.384 e. The van der Waals surface area contributed by atoms with E-state index < -0.39 is 0 Å².